The van der Waals surface area contributed by atoms with Gasteiger partial charge in [0.15, 0.2) is 0 Å². The molecular weight excluding hydrogens is 721 g/mol. The normalized spacial score (nSPS) is 14.3. The van der Waals surface area contributed by atoms with E-state index in [0.717, 1.165) is 0 Å². The van der Waals surface area contributed by atoms with Crippen molar-refractivity contribution < 1.29 is 0 Å². The highest BCUT2D eigenvalue weighted by Crippen LogP contribution is 2.51. The lowest BCUT2D eigenvalue weighted by atomic mass is 9.81. The molecule has 0 nitrogen and oxygen atoms in total. The molecule has 0 heteroatoms. The van der Waals surface area contributed by atoms with Gasteiger partial charge in [-0.3, -0.25) is 0 Å². The first-order chi connectivity index (χ1) is 29.2. The Morgan fingerprint density at radius 1 is 0.250 bits per heavy atom. The van der Waals surface area contributed by atoms with E-state index in [9.17, 15) is 0 Å². The molecule has 10 aromatic rings. The van der Waals surface area contributed by atoms with E-state index in [-0.39, 0.29) is 10.8 Å². The molecule has 0 radical (unpaired) electrons. The third-order valence-corrected chi connectivity index (χ3v) is 14.0. The first kappa shape index (κ1) is 35.0. The van der Waals surface area contributed by atoms with Crippen molar-refractivity contribution in [2.45, 2.75) is 38.5 Å². The Hall–Kier alpha value is -7.02. The van der Waals surface area contributed by atoms with Crippen molar-refractivity contribution >= 4 is 32.3 Å². The van der Waals surface area contributed by atoms with Gasteiger partial charge in [0, 0.05) is 10.8 Å². The van der Waals surface area contributed by atoms with Crippen LogP contribution < -0.4 is 0 Å². The van der Waals surface area contributed by atoms with E-state index in [1.807, 2.05) is 0 Å². The average molecular weight is 765 g/mol. The number of rotatable bonds is 4. The zero-order chi connectivity index (χ0) is 40.3. The Labute approximate surface area is 352 Å². The summed E-state index contributed by atoms with van der Waals surface area (Å²) in [6.45, 7) is 9.44. The topological polar surface area (TPSA) is 0 Å². The summed E-state index contributed by atoms with van der Waals surface area (Å²) < 4.78 is 0. The summed E-state index contributed by atoms with van der Waals surface area (Å²) in [6, 6.07) is 73.2. The average Bonchev–Trinajstić information content (AvgIpc) is 3.67. The number of hydrogen-bond donors (Lipinski definition) is 0. The van der Waals surface area contributed by atoms with E-state index in [4.69, 9.17) is 0 Å². The summed E-state index contributed by atoms with van der Waals surface area (Å²) in [7, 11) is 0. The van der Waals surface area contributed by atoms with Crippen LogP contribution in [0.5, 0.6) is 0 Å². The summed E-state index contributed by atoms with van der Waals surface area (Å²) in [4.78, 5) is 0. The molecule has 0 bridgehead atoms. The van der Waals surface area contributed by atoms with Crippen molar-refractivity contribution in [1.82, 2.24) is 0 Å². The molecule has 2 aliphatic rings. The van der Waals surface area contributed by atoms with Gasteiger partial charge in [-0.25, -0.2) is 0 Å². The van der Waals surface area contributed by atoms with Crippen LogP contribution in [0.4, 0.5) is 0 Å². The third-order valence-electron chi connectivity index (χ3n) is 14.0. The van der Waals surface area contributed by atoms with Crippen LogP contribution in [0, 0.1) is 0 Å². The van der Waals surface area contributed by atoms with Crippen molar-refractivity contribution in [3.05, 3.63) is 216 Å². The summed E-state index contributed by atoms with van der Waals surface area (Å²) in [5, 5.41) is 7.65. The fraction of sp³-hybridized carbons (Fsp3) is 0.100. The van der Waals surface area contributed by atoms with Crippen LogP contribution in [-0.4, -0.2) is 0 Å². The van der Waals surface area contributed by atoms with Crippen LogP contribution in [0.1, 0.15) is 49.9 Å². The minimum atomic E-state index is -0.0404. The predicted molar refractivity (Wildman–Crippen MR) is 256 cm³/mol. The molecule has 0 aromatic heterocycles. The highest BCUT2D eigenvalue weighted by molar-refractivity contribution is 6.24. The minimum absolute atomic E-state index is 0.0338. The van der Waals surface area contributed by atoms with Crippen molar-refractivity contribution in [2.75, 3.05) is 0 Å². The van der Waals surface area contributed by atoms with E-state index in [0.29, 0.717) is 0 Å². The maximum atomic E-state index is 2.43. The van der Waals surface area contributed by atoms with Crippen molar-refractivity contribution in [1.29, 1.82) is 0 Å². The second-order valence-electron chi connectivity index (χ2n) is 18.1. The number of hydrogen-bond acceptors (Lipinski definition) is 0. The molecular formula is C60H44. The zero-order valence-electron chi connectivity index (χ0n) is 34.5. The smallest absolute Gasteiger partial charge is 0.0159 e. The van der Waals surface area contributed by atoms with Gasteiger partial charge in [-0.1, -0.05) is 185 Å². The molecule has 0 unspecified atom stereocenters. The first-order valence-corrected chi connectivity index (χ1v) is 21.3. The molecule has 0 saturated heterocycles. The van der Waals surface area contributed by atoms with Gasteiger partial charge in [0.2, 0.25) is 0 Å². The lowest BCUT2D eigenvalue weighted by molar-refractivity contribution is 0.660. The van der Waals surface area contributed by atoms with Gasteiger partial charge in [0.1, 0.15) is 0 Å². The Morgan fingerprint density at radius 3 is 1.35 bits per heavy atom. The maximum absolute atomic E-state index is 2.43. The van der Waals surface area contributed by atoms with Crippen LogP contribution in [0.25, 0.3) is 99.1 Å². The Kier molecular flexibility index (Phi) is 7.42. The Bertz CT molecular complexity index is 3430. The minimum Gasteiger partial charge on any atom is -0.0619 e. The molecule has 0 atom stereocenters. The van der Waals surface area contributed by atoms with Gasteiger partial charge >= 0.3 is 0 Å². The summed E-state index contributed by atoms with van der Waals surface area (Å²) in [6.07, 6.45) is 0. The van der Waals surface area contributed by atoms with E-state index < -0.39 is 0 Å². The molecule has 0 heterocycles. The standard InChI is InChI=1S/C60H44/c1-59(2)54-21-9-7-19-47(54)49-28-26-42(35-56(49)59)39-15-11-14-38(31-39)41-24-23-37-25-30-51-52(34-45-13-5-6-18-46(45)58(51)53(37)33-41)44-17-12-16-40(32-44)43-27-29-50-48-20-8-10-22-55(48)60(3,4)57(50)36-43/h5-36H,1-4H3. The van der Waals surface area contributed by atoms with Gasteiger partial charge in [-0.2, -0.15) is 0 Å². The second kappa shape index (κ2) is 12.7. The predicted octanol–water partition coefficient (Wildman–Crippen LogP) is 16.4. The molecule has 284 valence electrons. The fourth-order valence-corrected chi connectivity index (χ4v) is 10.8. The molecule has 0 fully saturated rings. The lowest BCUT2D eigenvalue weighted by Gasteiger charge is -2.22. The van der Waals surface area contributed by atoms with E-state index in [1.165, 1.54) is 121 Å². The quantitative estimate of drug-likeness (QED) is 0.157. The molecule has 2 aliphatic carbocycles. The van der Waals surface area contributed by atoms with E-state index in [1.54, 1.807) is 0 Å². The molecule has 0 amide bonds. The SMILES string of the molecule is CC1(C)c2ccccc2-c2ccc(-c3cccc(-c4ccc5ccc6c(-c7cccc(-c8ccc9c(c8)C(C)(C)c8ccccc8-9)c7)cc7ccccc7c6c5c4)c3)cc21. The van der Waals surface area contributed by atoms with Crippen LogP contribution >= 0.6 is 0 Å². The number of benzene rings is 10. The zero-order valence-corrected chi connectivity index (χ0v) is 34.5. The van der Waals surface area contributed by atoms with Gasteiger partial charge in [-0.05, 0) is 158 Å². The Morgan fingerprint density at radius 2 is 0.717 bits per heavy atom. The van der Waals surface area contributed by atoms with Gasteiger partial charge in [-0.15, -0.1) is 0 Å². The highest BCUT2D eigenvalue weighted by atomic mass is 14.4. The van der Waals surface area contributed by atoms with Gasteiger partial charge < -0.3 is 0 Å². The van der Waals surface area contributed by atoms with Crippen LogP contribution in [0.3, 0.4) is 0 Å². The molecule has 0 N–H and O–H groups in total. The molecule has 0 aliphatic heterocycles. The molecule has 0 saturated carbocycles. The lowest BCUT2D eigenvalue weighted by Crippen LogP contribution is -2.14. The highest BCUT2D eigenvalue weighted by Gasteiger charge is 2.36. The monoisotopic (exact) mass is 764 g/mol. The number of fused-ring (bicyclic) bond motifs is 11. The van der Waals surface area contributed by atoms with Crippen LogP contribution in [0.15, 0.2) is 194 Å². The van der Waals surface area contributed by atoms with E-state index >= 15 is 0 Å². The van der Waals surface area contributed by atoms with Crippen LogP contribution in [-0.2, 0) is 10.8 Å². The van der Waals surface area contributed by atoms with Crippen molar-refractivity contribution in [3.63, 3.8) is 0 Å². The fourth-order valence-electron chi connectivity index (χ4n) is 10.8. The van der Waals surface area contributed by atoms with Gasteiger partial charge in [0.25, 0.3) is 0 Å². The van der Waals surface area contributed by atoms with E-state index in [2.05, 4.69) is 222 Å². The summed E-state index contributed by atoms with van der Waals surface area (Å²) in [5.41, 5.74) is 20.9. The Balaban J connectivity index is 0.970. The van der Waals surface area contributed by atoms with Crippen LogP contribution in [0.2, 0.25) is 0 Å². The third kappa shape index (κ3) is 5.10. The molecule has 60 heavy (non-hydrogen) atoms. The molecule has 0 spiro atoms. The van der Waals surface area contributed by atoms with Crippen molar-refractivity contribution in [3.8, 4) is 66.8 Å². The molecule has 10 aromatic carbocycles. The van der Waals surface area contributed by atoms with Gasteiger partial charge in [0.05, 0.1) is 0 Å². The largest absolute Gasteiger partial charge is 0.0619 e. The summed E-state index contributed by atoms with van der Waals surface area (Å²) >= 11 is 0. The first-order valence-electron chi connectivity index (χ1n) is 21.3. The summed E-state index contributed by atoms with van der Waals surface area (Å²) in [5.74, 6) is 0. The van der Waals surface area contributed by atoms with Crippen molar-refractivity contribution in [2.24, 2.45) is 0 Å². The maximum Gasteiger partial charge on any atom is 0.0159 e. The molecule has 12 rings (SSSR count). The second-order valence-corrected chi connectivity index (χ2v) is 18.1.